The first-order chi connectivity index (χ1) is 15.9. The van der Waals surface area contributed by atoms with Crippen molar-refractivity contribution in [2.75, 3.05) is 32.8 Å². The van der Waals surface area contributed by atoms with Gasteiger partial charge in [0.05, 0.1) is 23.2 Å². The fourth-order valence-electron chi connectivity index (χ4n) is 4.08. The lowest BCUT2D eigenvalue weighted by molar-refractivity contribution is -0.140. The van der Waals surface area contributed by atoms with Crippen molar-refractivity contribution in [2.45, 2.75) is 33.2 Å². The van der Waals surface area contributed by atoms with Crippen LogP contribution in [0.1, 0.15) is 44.4 Å². The average molecular weight is 472 g/mol. The summed E-state index contributed by atoms with van der Waals surface area (Å²) in [6, 6.07) is 7.62. The highest BCUT2D eigenvalue weighted by atomic mass is 35.5. The summed E-state index contributed by atoms with van der Waals surface area (Å²) in [5.41, 5.74) is 1.11. The third-order valence-corrected chi connectivity index (χ3v) is 6.13. The van der Waals surface area contributed by atoms with E-state index in [0.717, 1.165) is 19.6 Å². The van der Waals surface area contributed by atoms with Gasteiger partial charge in [-0.15, -0.1) is 0 Å². The number of nitrogens with zero attached hydrogens (tertiary/aromatic N) is 3. The molecule has 7 nitrogen and oxygen atoms in total. The number of carbonyl (C=O) groups is 2. The SMILES string of the molecule is CCOc1ccc(C(O)=C2C(=O)C(=O)N(CCCN(CC)CC)[C@@H]2c2ccncc2)cc1Cl. The number of halogens is 1. The molecule has 1 fully saturated rings. The third kappa shape index (κ3) is 5.37. The van der Waals surface area contributed by atoms with E-state index < -0.39 is 17.7 Å². The average Bonchev–Trinajstić information content (AvgIpc) is 3.08. The molecule has 1 aliphatic heterocycles. The molecular weight excluding hydrogens is 442 g/mol. The highest BCUT2D eigenvalue weighted by Crippen LogP contribution is 2.40. The van der Waals surface area contributed by atoms with Gasteiger partial charge in [-0.2, -0.15) is 0 Å². The Kier molecular flexibility index (Phi) is 8.47. The standard InChI is InChI=1S/C25H30ClN3O4/c1-4-28(5-2)14-7-15-29-22(17-10-12-27-13-11-17)21(24(31)25(29)32)23(30)18-8-9-20(33-6-3)19(26)16-18/h8-13,16,22,30H,4-7,14-15H2,1-3H3/t22-/m1/s1. The lowest BCUT2D eigenvalue weighted by atomic mass is 9.96. The van der Waals surface area contributed by atoms with Crippen LogP contribution < -0.4 is 4.74 Å². The Bertz CT molecular complexity index is 1020. The Hall–Kier alpha value is -2.90. The van der Waals surface area contributed by atoms with Crippen molar-refractivity contribution >= 4 is 29.1 Å². The van der Waals surface area contributed by atoms with E-state index in [1.807, 2.05) is 6.92 Å². The summed E-state index contributed by atoms with van der Waals surface area (Å²) in [5.74, 6) is -1.10. The predicted octanol–water partition coefficient (Wildman–Crippen LogP) is 4.29. The summed E-state index contributed by atoms with van der Waals surface area (Å²) in [5, 5.41) is 11.5. The second-order valence-electron chi connectivity index (χ2n) is 7.73. The number of likely N-dealkylation sites (tertiary alicyclic amines) is 1. The van der Waals surface area contributed by atoms with Crippen molar-refractivity contribution in [2.24, 2.45) is 0 Å². The molecule has 2 aromatic rings. The molecule has 1 aromatic carbocycles. The Balaban J connectivity index is 2.01. The van der Waals surface area contributed by atoms with Gasteiger partial charge in [0.15, 0.2) is 0 Å². The molecule has 3 rings (SSSR count). The molecule has 1 atom stereocenters. The number of pyridine rings is 1. The summed E-state index contributed by atoms with van der Waals surface area (Å²) in [7, 11) is 0. The van der Waals surface area contributed by atoms with Gasteiger partial charge in [-0.25, -0.2) is 0 Å². The Morgan fingerprint density at radius 2 is 1.85 bits per heavy atom. The van der Waals surface area contributed by atoms with Gasteiger partial charge >= 0.3 is 0 Å². The Labute approximate surface area is 199 Å². The molecule has 1 aliphatic rings. The number of hydrogen-bond acceptors (Lipinski definition) is 6. The highest BCUT2D eigenvalue weighted by molar-refractivity contribution is 6.46. The molecule has 0 aliphatic carbocycles. The zero-order valence-electron chi connectivity index (χ0n) is 19.3. The first kappa shape index (κ1) is 24.7. The van der Waals surface area contributed by atoms with Gasteiger partial charge in [0.1, 0.15) is 11.5 Å². The van der Waals surface area contributed by atoms with E-state index in [9.17, 15) is 14.7 Å². The Morgan fingerprint density at radius 1 is 1.15 bits per heavy atom. The van der Waals surface area contributed by atoms with Gasteiger partial charge in [0.25, 0.3) is 11.7 Å². The van der Waals surface area contributed by atoms with Crippen LogP contribution in [0.3, 0.4) is 0 Å². The molecule has 1 aromatic heterocycles. The number of aliphatic hydroxyl groups excluding tert-OH is 1. The smallest absolute Gasteiger partial charge is 0.295 e. The minimum absolute atomic E-state index is 0.0502. The molecule has 176 valence electrons. The molecule has 0 radical (unpaired) electrons. The molecule has 8 heteroatoms. The largest absolute Gasteiger partial charge is 0.507 e. The zero-order chi connectivity index (χ0) is 24.0. The normalized spacial score (nSPS) is 17.7. The van der Waals surface area contributed by atoms with Crippen molar-refractivity contribution in [1.29, 1.82) is 0 Å². The molecule has 1 N–H and O–H groups in total. The molecule has 0 bridgehead atoms. The van der Waals surface area contributed by atoms with E-state index in [1.165, 1.54) is 0 Å². The van der Waals surface area contributed by atoms with Crippen LogP contribution in [0.15, 0.2) is 48.3 Å². The van der Waals surface area contributed by atoms with Crippen molar-refractivity contribution in [3.63, 3.8) is 0 Å². The topological polar surface area (TPSA) is 83.0 Å². The molecule has 0 spiro atoms. The third-order valence-electron chi connectivity index (χ3n) is 5.83. The molecule has 0 saturated carbocycles. The van der Waals surface area contributed by atoms with E-state index in [2.05, 4.69) is 23.7 Å². The number of rotatable bonds is 10. The zero-order valence-corrected chi connectivity index (χ0v) is 20.0. The maximum Gasteiger partial charge on any atom is 0.295 e. The molecule has 33 heavy (non-hydrogen) atoms. The number of aromatic nitrogens is 1. The molecule has 2 heterocycles. The van der Waals surface area contributed by atoms with E-state index in [-0.39, 0.29) is 11.3 Å². The van der Waals surface area contributed by atoms with Gasteiger partial charge in [-0.1, -0.05) is 25.4 Å². The number of carbonyl (C=O) groups excluding carboxylic acids is 2. The van der Waals surface area contributed by atoms with Gasteiger partial charge in [-0.05, 0) is 68.9 Å². The van der Waals surface area contributed by atoms with Gasteiger partial charge < -0.3 is 19.6 Å². The molecule has 1 saturated heterocycles. The van der Waals surface area contributed by atoms with Gasteiger partial charge in [0.2, 0.25) is 0 Å². The minimum Gasteiger partial charge on any atom is -0.507 e. The fourth-order valence-corrected chi connectivity index (χ4v) is 4.32. The van der Waals surface area contributed by atoms with Crippen molar-refractivity contribution < 1.29 is 19.4 Å². The minimum atomic E-state index is -0.706. The summed E-state index contributed by atoms with van der Waals surface area (Å²) in [6.07, 6.45) is 3.93. The second-order valence-corrected chi connectivity index (χ2v) is 8.14. The van der Waals surface area contributed by atoms with Crippen molar-refractivity contribution in [3.05, 3.63) is 64.4 Å². The maximum atomic E-state index is 13.1. The van der Waals surface area contributed by atoms with Gasteiger partial charge in [0, 0.05) is 24.5 Å². The maximum absolute atomic E-state index is 13.1. The fraction of sp³-hybridized carbons (Fsp3) is 0.400. The monoisotopic (exact) mass is 471 g/mol. The van der Waals surface area contributed by atoms with E-state index in [4.69, 9.17) is 16.3 Å². The number of aliphatic hydroxyl groups is 1. The first-order valence-electron chi connectivity index (χ1n) is 11.3. The van der Waals surface area contributed by atoms with E-state index >= 15 is 0 Å². The highest BCUT2D eigenvalue weighted by Gasteiger charge is 2.45. The second kappa shape index (κ2) is 11.3. The van der Waals surface area contributed by atoms with Crippen LogP contribution in [0, 0.1) is 0 Å². The quantitative estimate of drug-likeness (QED) is 0.316. The summed E-state index contributed by atoms with van der Waals surface area (Å²) in [4.78, 5) is 34.0. The number of Topliss-reactive ketones (excluding diaryl/α,β-unsaturated/α-hetero) is 1. The van der Waals surface area contributed by atoms with Crippen LogP contribution in [-0.2, 0) is 9.59 Å². The van der Waals surface area contributed by atoms with Crippen LogP contribution in [0.25, 0.3) is 5.76 Å². The molecule has 0 unspecified atom stereocenters. The van der Waals surface area contributed by atoms with E-state index in [0.29, 0.717) is 41.5 Å². The number of benzene rings is 1. The van der Waals surface area contributed by atoms with Crippen LogP contribution in [-0.4, -0.2) is 64.4 Å². The van der Waals surface area contributed by atoms with Crippen LogP contribution in [0.4, 0.5) is 0 Å². The van der Waals surface area contributed by atoms with Crippen LogP contribution in [0.2, 0.25) is 5.02 Å². The van der Waals surface area contributed by atoms with Crippen LogP contribution in [0.5, 0.6) is 5.75 Å². The summed E-state index contributed by atoms with van der Waals surface area (Å²) < 4.78 is 5.45. The lowest BCUT2D eigenvalue weighted by Gasteiger charge is -2.26. The predicted molar refractivity (Wildman–Crippen MR) is 128 cm³/mol. The lowest BCUT2D eigenvalue weighted by Crippen LogP contribution is -2.33. The van der Waals surface area contributed by atoms with Crippen molar-refractivity contribution in [1.82, 2.24) is 14.8 Å². The number of ether oxygens (including phenoxy) is 1. The Morgan fingerprint density at radius 3 is 2.45 bits per heavy atom. The van der Waals surface area contributed by atoms with Gasteiger partial charge in [-0.3, -0.25) is 14.6 Å². The number of ketones is 1. The number of hydrogen-bond donors (Lipinski definition) is 1. The summed E-state index contributed by atoms with van der Waals surface area (Å²) in [6.45, 7) is 9.53. The molecular formula is C25H30ClN3O4. The summed E-state index contributed by atoms with van der Waals surface area (Å²) >= 11 is 6.30. The first-order valence-corrected chi connectivity index (χ1v) is 11.6. The van der Waals surface area contributed by atoms with Crippen LogP contribution >= 0.6 is 11.6 Å². The number of amides is 1. The van der Waals surface area contributed by atoms with Crippen molar-refractivity contribution in [3.8, 4) is 5.75 Å². The molecule has 1 amide bonds. The van der Waals surface area contributed by atoms with E-state index in [1.54, 1.807) is 47.6 Å².